The number of hydrogen-bond donors (Lipinski definition) is 1. The summed E-state index contributed by atoms with van der Waals surface area (Å²) in [6, 6.07) is 10.3. The van der Waals surface area contributed by atoms with Crippen molar-refractivity contribution in [1.29, 1.82) is 0 Å². The molecule has 0 aliphatic heterocycles. The van der Waals surface area contributed by atoms with Gasteiger partial charge in [0.25, 0.3) is 0 Å². The number of amides is 1. The highest BCUT2D eigenvalue weighted by atomic mass is 32.1. The highest BCUT2D eigenvalue weighted by Gasteiger charge is 2.17. The smallest absolute Gasteiger partial charge is 0.230 e. The summed E-state index contributed by atoms with van der Waals surface area (Å²) in [7, 11) is 0. The summed E-state index contributed by atoms with van der Waals surface area (Å²) in [5, 5.41) is 8.27. The molecule has 1 amide bonds. The molecule has 5 nitrogen and oxygen atoms in total. The maximum Gasteiger partial charge on any atom is 0.230 e. The number of aryl methyl sites for hydroxylation is 2. The molecule has 0 saturated heterocycles. The van der Waals surface area contributed by atoms with Crippen molar-refractivity contribution in [3.05, 3.63) is 52.0 Å². The summed E-state index contributed by atoms with van der Waals surface area (Å²) in [5.74, 6) is 0.689. The molecule has 1 atom stereocenters. The molecule has 0 aliphatic rings. The fourth-order valence-corrected chi connectivity index (χ4v) is 3.75. The van der Waals surface area contributed by atoms with Gasteiger partial charge in [0, 0.05) is 16.5 Å². The van der Waals surface area contributed by atoms with Crippen LogP contribution in [-0.4, -0.2) is 20.7 Å². The van der Waals surface area contributed by atoms with Gasteiger partial charge in [-0.25, -0.2) is 9.67 Å². The van der Waals surface area contributed by atoms with E-state index in [1.807, 2.05) is 17.7 Å². The molecule has 3 aromatic rings. The zero-order valence-corrected chi connectivity index (χ0v) is 16.4. The number of anilines is 1. The molecule has 6 heteroatoms. The summed E-state index contributed by atoms with van der Waals surface area (Å²) in [5.41, 5.74) is 3.16. The number of nitrogens with zero attached hydrogens (tertiary/aromatic N) is 3. The Morgan fingerprint density at radius 1 is 1.23 bits per heavy atom. The molecule has 2 heterocycles. The van der Waals surface area contributed by atoms with E-state index in [0.717, 1.165) is 33.4 Å². The second-order valence-corrected chi connectivity index (χ2v) is 7.80. The van der Waals surface area contributed by atoms with Crippen LogP contribution in [0.25, 0.3) is 11.3 Å². The highest BCUT2D eigenvalue weighted by molar-refractivity contribution is 7.12. The van der Waals surface area contributed by atoms with E-state index in [4.69, 9.17) is 0 Å². The lowest BCUT2D eigenvalue weighted by molar-refractivity contribution is -0.115. The molecule has 2 aromatic heterocycles. The third-order valence-corrected chi connectivity index (χ3v) is 5.37. The van der Waals surface area contributed by atoms with Crippen molar-refractivity contribution in [3.8, 4) is 11.3 Å². The Balaban J connectivity index is 1.78. The molecule has 0 fully saturated rings. The number of rotatable bonds is 6. The average molecular weight is 369 g/mol. The second-order valence-electron chi connectivity index (χ2n) is 6.51. The third kappa shape index (κ3) is 4.02. The van der Waals surface area contributed by atoms with Crippen LogP contribution in [0.4, 0.5) is 5.82 Å². The van der Waals surface area contributed by atoms with E-state index in [2.05, 4.69) is 60.4 Å². The van der Waals surface area contributed by atoms with E-state index in [-0.39, 0.29) is 11.9 Å². The topological polar surface area (TPSA) is 59.8 Å². The number of carbonyl (C=O) groups is 1. The quantitative estimate of drug-likeness (QED) is 0.681. The van der Waals surface area contributed by atoms with Crippen molar-refractivity contribution in [2.24, 2.45) is 0 Å². The summed E-state index contributed by atoms with van der Waals surface area (Å²) >= 11 is 1.57. The van der Waals surface area contributed by atoms with Gasteiger partial charge >= 0.3 is 0 Å². The van der Waals surface area contributed by atoms with Gasteiger partial charge in [-0.05, 0) is 27.2 Å². The minimum atomic E-state index is -0.0490. The lowest BCUT2D eigenvalue weighted by Crippen LogP contribution is -2.18. The summed E-state index contributed by atoms with van der Waals surface area (Å²) in [6.07, 6.45) is 2.98. The first-order chi connectivity index (χ1) is 12.5. The Hall–Kier alpha value is -2.47. The number of aromatic nitrogens is 3. The maximum absolute atomic E-state index is 12.6. The van der Waals surface area contributed by atoms with Crippen LogP contribution < -0.4 is 5.32 Å². The zero-order chi connectivity index (χ0) is 18.7. The van der Waals surface area contributed by atoms with Gasteiger partial charge in [-0.2, -0.15) is 5.10 Å². The van der Waals surface area contributed by atoms with Crippen molar-refractivity contribution in [1.82, 2.24) is 14.8 Å². The van der Waals surface area contributed by atoms with Gasteiger partial charge in [0.1, 0.15) is 5.82 Å². The SMILES string of the molecule is CCC(C)n1nccc1NC(=O)Cc1sc(C)nc1-c1ccc(C)cc1. The Kier molecular flexibility index (Phi) is 5.52. The number of nitrogens with one attached hydrogen (secondary N) is 1. The van der Waals surface area contributed by atoms with Crippen molar-refractivity contribution >= 4 is 23.1 Å². The molecule has 1 unspecified atom stereocenters. The predicted molar refractivity (Wildman–Crippen MR) is 107 cm³/mol. The van der Waals surface area contributed by atoms with E-state index in [1.54, 1.807) is 17.5 Å². The molecule has 0 bridgehead atoms. The summed E-state index contributed by atoms with van der Waals surface area (Å²) in [6.45, 7) is 8.23. The fourth-order valence-electron chi connectivity index (χ4n) is 2.80. The maximum atomic E-state index is 12.6. The van der Waals surface area contributed by atoms with Gasteiger partial charge in [0.05, 0.1) is 29.4 Å². The van der Waals surface area contributed by atoms with Crippen molar-refractivity contribution < 1.29 is 4.79 Å². The van der Waals surface area contributed by atoms with E-state index < -0.39 is 0 Å². The van der Waals surface area contributed by atoms with Crippen LogP contribution in [0.3, 0.4) is 0 Å². The molecule has 0 radical (unpaired) electrons. The van der Waals surface area contributed by atoms with E-state index in [9.17, 15) is 4.79 Å². The van der Waals surface area contributed by atoms with Crippen LogP contribution >= 0.6 is 11.3 Å². The first-order valence-electron chi connectivity index (χ1n) is 8.84. The number of carbonyl (C=O) groups excluding carboxylic acids is 1. The molecule has 136 valence electrons. The van der Waals surface area contributed by atoms with Gasteiger partial charge in [-0.15, -0.1) is 11.3 Å². The molecule has 1 aromatic carbocycles. The average Bonchev–Trinajstić information content (AvgIpc) is 3.21. The van der Waals surface area contributed by atoms with Crippen LogP contribution in [0.15, 0.2) is 36.5 Å². The highest BCUT2D eigenvalue weighted by Crippen LogP contribution is 2.29. The lowest BCUT2D eigenvalue weighted by Gasteiger charge is -2.14. The number of hydrogen-bond acceptors (Lipinski definition) is 4. The first-order valence-corrected chi connectivity index (χ1v) is 9.66. The second kappa shape index (κ2) is 7.83. The molecule has 0 spiro atoms. The van der Waals surface area contributed by atoms with Crippen LogP contribution in [0.2, 0.25) is 0 Å². The Labute approximate surface area is 158 Å². The monoisotopic (exact) mass is 368 g/mol. The fraction of sp³-hybridized carbons (Fsp3) is 0.350. The molecule has 3 rings (SSSR count). The largest absolute Gasteiger partial charge is 0.311 e. The minimum Gasteiger partial charge on any atom is -0.311 e. The molecule has 0 aliphatic carbocycles. The van der Waals surface area contributed by atoms with Gasteiger partial charge in [-0.1, -0.05) is 36.8 Å². The number of benzene rings is 1. The summed E-state index contributed by atoms with van der Waals surface area (Å²) in [4.78, 5) is 18.2. The Bertz CT molecular complexity index is 895. The third-order valence-electron chi connectivity index (χ3n) is 4.40. The molecular weight excluding hydrogens is 344 g/mol. The predicted octanol–water partition coefficient (Wildman–Crippen LogP) is 4.78. The Morgan fingerprint density at radius 3 is 2.65 bits per heavy atom. The standard InChI is InChI=1S/C20H24N4OS/c1-5-14(3)24-18(10-11-21-24)23-19(25)12-17-20(22-15(4)26-17)16-8-6-13(2)7-9-16/h6-11,14H,5,12H2,1-4H3,(H,23,25). The lowest BCUT2D eigenvalue weighted by atomic mass is 10.1. The molecule has 1 N–H and O–H groups in total. The molecule has 26 heavy (non-hydrogen) atoms. The van der Waals surface area contributed by atoms with Gasteiger partial charge in [-0.3, -0.25) is 4.79 Å². The molecule has 0 saturated carbocycles. The van der Waals surface area contributed by atoms with Crippen molar-refractivity contribution in [3.63, 3.8) is 0 Å². The Morgan fingerprint density at radius 2 is 1.96 bits per heavy atom. The van der Waals surface area contributed by atoms with Crippen LogP contribution in [-0.2, 0) is 11.2 Å². The van der Waals surface area contributed by atoms with Crippen molar-refractivity contribution in [2.75, 3.05) is 5.32 Å². The van der Waals surface area contributed by atoms with Gasteiger partial charge < -0.3 is 5.32 Å². The van der Waals surface area contributed by atoms with Gasteiger partial charge in [0.15, 0.2) is 0 Å². The van der Waals surface area contributed by atoms with Crippen LogP contribution in [0.1, 0.15) is 41.8 Å². The summed E-state index contributed by atoms with van der Waals surface area (Å²) < 4.78 is 1.86. The van der Waals surface area contributed by atoms with E-state index in [0.29, 0.717) is 6.42 Å². The zero-order valence-electron chi connectivity index (χ0n) is 15.6. The first kappa shape index (κ1) is 18.3. The normalized spacial score (nSPS) is 12.2. The van der Waals surface area contributed by atoms with Crippen molar-refractivity contribution in [2.45, 2.75) is 46.6 Å². The van der Waals surface area contributed by atoms with E-state index in [1.165, 1.54) is 5.56 Å². The van der Waals surface area contributed by atoms with E-state index >= 15 is 0 Å². The van der Waals surface area contributed by atoms with Crippen LogP contribution in [0, 0.1) is 13.8 Å². The van der Waals surface area contributed by atoms with Crippen LogP contribution in [0.5, 0.6) is 0 Å². The minimum absolute atomic E-state index is 0.0490. The molecular formula is C20H24N4OS. The number of thiazole rings is 1. The van der Waals surface area contributed by atoms with Gasteiger partial charge in [0.2, 0.25) is 5.91 Å².